The Labute approximate surface area is 763 Å². The molecule has 1 aliphatic carbocycles. The van der Waals surface area contributed by atoms with Crippen LogP contribution in [0, 0.1) is 0 Å². The van der Waals surface area contributed by atoms with Crippen LogP contribution in [0.5, 0.6) is 0 Å². The molecule has 612 valence electrons. The van der Waals surface area contributed by atoms with E-state index in [0.717, 1.165) is 0 Å². The number of fused-ring (bicyclic) bond motifs is 15. The van der Waals surface area contributed by atoms with Gasteiger partial charge >= 0.3 is 0 Å². The SMILES string of the molecule is CC1(C)c2ccccc2-c2ccc(-c3cc(-c4c5ccccc5c(-c5ccccc5)c5ccccc45)c4ccccc4c3)cc21.c1ccc(-c2c3ccccc3c(-c3cc(-c4cc5ccccc5c5ccccc45)cc4ccccc34)c3ccccc23)cc1.c1ccc(-c2ccc(-c3cc(-c4c5ccccc5c(-c5ccccc5)c5ccccc45)c4ccccc4c3)cc2)cc1. The Morgan fingerprint density at radius 1 is 0.115 bits per heavy atom. The molecule has 0 saturated carbocycles. The van der Waals surface area contributed by atoms with Crippen LogP contribution in [0.3, 0.4) is 0 Å². The molecule has 0 fully saturated rings. The lowest BCUT2D eigenvalue weighted by molar-refractivity contribution is 0.660. The molecule has 1 aliphatic rings. The van der Waals surface area contributed by atoms with Crippen LogP contribution in [-0.2, 0) is 5.41 Å². The zero-order valence-corrected chi connectivity index (χ0v) is 72.8. The van der Waals surface area contributed by atoms with Gasteiger partial charge < -0.3 is 0 Å². The van der Waals surface area contributed by atoms with Gasteiger partial charge in [0.15, 0.2) is 0 Å². The van der Waals surface area contributed by atoms with Crippen molar-refractivity contribution in [2.45, 2.75) is 19.3 Å². The Kier molecular flexibility index (Phi) is 19.4. The van der Waals surface area contributed by atoms with Crippen molar-refractivity contribution in [2.24, 2.45) is 0 Å². The van der Waals surface area contributed by atoms with Gasteiger partial charge in [0.2, 0.25) is 0 Å². The normalized spacial score (nSPS) is 12.1. The molecule has 0 aromatic heterocycles. The van der Waals surface area contributed by atoms with Crippen molar-refractivity contribution in [1.82, 2.24) is 0 Å². The van der Waals surface area contributed by atoms with Crippen molar-refractivity contribution in [2.75, 3.05) is 0 Å². The largest absolute Gasteiger partial charge is 0.0622 e. The third kappa shape index (κ3) is 13.5. The number of rotatable bonds is 10. The first kappa shape index (κ1) is 77.9. The first-order valence-electron chi connectivity index (χ1n) is 45.7. The Bertz CT molecular complexity index is 8650. The van der Waals surface area contributed by atoms with Gasteiger partial charge in [-0.3, -0.25) is 0 Å². The summed E-state index contributed by atoms with van der Waals surface area (Å²) in [5.41, 5.74) is 30.7. The molecule has 0 nitrogen and oxygen atoms in total. The topological polar surface area (TPSA) is 0 Å². The van der Waals surface area contributed by atoms with Crippen LogP contribution in [0.2, 0.25) is 0 Å². The van der Waals surface area contributed by atoms with Crippen molar-refractivity contribution in [1.29, 1.82) is 0 Å². The van der Waals surface area contributed by atoms with Crippen LogP contribution < -0.4 is 0 Å². The molecule has 25 aromatic rings. The maximum atomic E-state index is 2.44. The average molecular weight is 1660 g/mol. The Morgan fingerprint density at radius 3 is 0.740 bits per heavy atom. The molecular weight excluding hydrogens is 1570 g/mol. The Morgan fingerprint density at radius 2 is 0.359 bits per heavy atom. The molecule has 0 atom stereocenters. The van der Waals surface area contributed by atoms with E-state index in [1.54, 1.807) is 0 Å². The predicted octanol–water partition coefficient (Wildman–Crippen LogP) is 36.7. The third-order valence-corrected chi connectivity index (χ3v) is 27.7. The van der Waals surface area contributed by atoms with Crippen LogP contribution in [-0.4, -0.2) is 0 Å². The standard InChI is InChI=1S/C45H32.C44H28.C42H28/c1-45(2)41-23-13-12-18-34(41)35-25-24-30(28-42(35)45)32-26-31-16-6-7-17-33(31)40(27-32)44-38-21-10-8-19-36(38)43(29-14-4-3-5-15-29)37-20-9-11-22-39(37)44;1-2-14-29(15-3-1)43-37-22-10-12-24-39(37)44(40-25-13-11-23-38(40)43)42-28-32(26-30-16-4-7-19-34(30)42)41-27-31-17-5-6-18-33(31)35-20-8-9-21-36(35)41;1-3-13-29(14-4-1)30-23-25-31(26-24-30)34-27-33-17-7-8-18-35(33)40(28-34)42-38-21-11-9-19-36(38)41(32-15-5-2-6-16-32)37-20-10-12-22-39(37)42/h3-28H,1-2H3;1-28H;1-28H. The molecule has 0 unspecified atom stereocenters. The summed E-state index contributed by atoms with van der Waals surface area (Å²) in [6.07, 6.45) is 0. The number of benzene rings is 25. The van der Waals surface area contributed by atoms with Gasteiger partial charge in [0.05, 0.1) is 0 Å². The van der Waals surface area contributed by atoms with E-state index < -0.39 is 0 Å². The van der Waals surface area contributed by atoms with Gasteiger partial charge in [-0.25, -0.2) is 0 Å². The van der Waals surface area contributed by atoms with Crippen LogP contribution in [0.15, 0.2) is 497 Å². The highest BCUT2D eigenvalue weighted by Gasteiger charge is 2.36. The van der Waals surface area contributed by atoms with Crippen molar-refractivity contribution >= 4 is 118 Å². The van der Waals surface area contributed by atoms with Gasteiger partial charge in [0.1, 0.15) is 0 Å². The van der Waals surface area contributed by atoms with Crippen molar-refractivity contribution in [3.63, 3.8) is 0 Å². The fourth-order valence-electron chi connectivity index (χ4n) is 21.7. The minimum Gasteiger partial charge on any atom is -0.0622 e. The molecule has 25 aromatic carbocycles. The first-order valence-corrected chi connectivity index (χ1v) is 45.7. The van der Waals surface area contributed by atoms with E-state index in [1.807, 2.05) is 0 Å². The summed E-state index contributed by atoms with van der Waals surface area (Å²) in [4.78, 5) is 0. The van der Waals surface area contributed by atoms with Gasteiger partial charge in [0.25, 0.3) is 0 Å². The minimum absolute atomic E-state index is 0.0404. The van der Waals surface area contributed by atoms with E-state index in [2.05, 4.69) is 511 Å². The quantitative estimate of drug-likeness (QED) is 0.0946. The summed E-state index contributed by atoms with van der Waals surface area (Å²) in [5, 5.41) is 28.0. The molecule has 0 heteroatoms. The summed E-state index contributed by atoms with van der Waals surface area (Å²) in [6.45, 7) is 4.72. The second kappa shape index (κ2) is 32.7. The van der Waals surface area contributed by atoms with Crippen LogP contribution in [0.4, 0.5) is 0 Å². The molecule has 0 bridgehead atoms. The molecular formula is C131H88. The second-order valence-electron chi connectivity index (χ2n) is 35.4. The van der Waals surface area contributed by atoms with E-state index in [1.165, 1.54) is 252 Å². The smallest absolute Gasteiger partial charge is 0.0159 e. The average Bonchev–Trinajstić information content (AvgIpc) is 1.66. The van der Waals surface area contributed by atoms with E-state index in [0.29, 0.717) is 0 Å². The van der Waals surface area contributed by atoms with Gasteiger partial charge in [-0.15, -0.1) is 0 Å². The van der Waals surface area contributed by atoms with Crippen molar-refractivity contribution in [3.05, 3.63) is 509 Å². The lowest BCUT2D eigenvalue weighted by atomic mass is 9.81. The molecule has 26 rings (SSSR count). The maximum Gasteiger partial charge on any atom is 0.0159 e. The van der Waals surface area contributed by atoms with Crippen LogP contribution in [0.1, 0.15) is 25.0 Å². The van der Waals surface area contributed by atoms with Crippen molar-refractivity contribution in [3.8, 4) is 122 Å². The zero-order chi connectivity index (χ0) is 87.0. The summed E-state index contributed by atoms with van der Waals surface area (Å²) < 4.78 is 0. The fourth-order valence-corrected chi connectivity index (χ4v) is 21.7. The zero-order valence-electron chi connectivity index (χ0n) is 72.8. The lowest BCUT2D eigenvalue weighted by Gasteiger charge is -2.22. The molecule has 0 aliphatic heterocycles. The van der Waals surface area contributed by atoms with E-state index in [-0.39, 0.29) is 5.41 Å². The predicted molar refractivity (Wildman–Crippen MR) is 564 cm³/mol. The van der Waals surface area contributed by atoms with E-state index in [9.17, 15) is 0 Å². The monoisotopic (exact) mass is 1660 g/mol. The molecule has 0 spiro atoms. The first-order chi connectivity index (χ1) is 64.8. The fraction of sp³-hybridized carbons (Fsp3) is 0.0229. The van der Waals surface area contributed by atoms with Gasteiger partial charge in [-0.1, -0.05) is 463 Å². The van der Waals surface area contributed by atoms with Gasteiger partial charge in [-0.2, -0.15) is 0 Å². The molecule has 0 radical (unpaired) electrons. The molecule has 131 heavy (non-hydrogen) atoms. The van der Waals surface area contributed by atoms with Gasteiger partial charge in [-0.05, 0) is 301 Å². The molecule has 0 amide bonds. The van der Waals surface area contributed by atoms with E-state index in [4.69, 9.17) is 0 Å². The molecule has 0 N–H and O–H groups in total. The number of hydrogen-bond donors (Lipinski definition) is 0. The highest BCUT2D eigenvalue weighted by Crippen LogP contribution is 2.54. The highest BCUT2D eigenvalue weighted by molar-refractivity contribution is 6.28. The Balaban J connectivity index is 0.000000109. The summed E-state index contributed by atoms with van der Waals surface area (Å²) in [7, 11) is 0. The van der Waals surface area contributed by atoms with E-state index >= 15 is 0 Å². The number of hydrogen-bond acceptors (Lipinski definition) is 0. The summed E-state index contributed by atoms with van der Waals surface area (Å²) in [5.74, 6) is 0. The maximum absolute atomic E-state index is 2.44. The van der Waals surface area contributed by atoms with Crippen LogP contribution >= 0.6 is 0 Å². The molecule has 0 saturated heterocycles. The highest BCUT2D eigenvalue weighted by atomic mass is 14.4. The third-order valence-electron chi connectivity index (χ3n) is 27.7. The Hall–Kier alpha value is -16.6. The molecule has 0 heterocycles. The lowest BCUT2D eigenvalue weighted by Crippen LogP contribution is -2.14. The van der Waals surface area contributed by atoms with Crippen molar-refractivity contribution < 1.29 is 0 Å². The van der Waals surface area contributed by atoms with Gasteiger partial charge in [0, 0.05) is 5.41 Å². The minimum atomic E-state index is -0.0404. The second-order valence-corrected chi connectivity index (χ2v) is 35.4. The van der Waals surface area contributed by atoms with Crippen LogP contribution in [0.25, 0.3) is 241 Å². The summed E-state index contributed by atoms with van der Waals surface area (Å²) in [6, 6.07) is 182. The summed E-state index contributed by atoms with van der Waals surface area (Å²) >= 11 is 0.